The van der Waals surface area contributed by atoms with Crippen LogP contribution in [0.2, 0.25) is 0 Å². The molecule has 0 unspecified atom stereocenters. The van der Waals surface area contributed by atoms with Crippen molar-refractivity contribution in [1.29, 1.82) is 0 Å². The fourth-order valence-corrected chi connectivity index (χ4v) is 3.53. The molecule has 1 aromatic heterocycles. The molecule has 2 heterocycles. The molecular formula is C11H8INO2S. The van der Waals surface area contributed by atoms with Gasteiger partial charge in [-0.25, -0.2) is 4.98 Å². The average Bonchev–Trinajstić information content (AvgIpc) is 2.83. The molecule has 1 fully saturated rings. The van der Waals surface area contributed by atoms with Crippen molar-refractivity contribution in [3.05, 3.63) is 26.8 Å². The van der Waals surface area contributed by atoms with E-state index in [1.807, 2.05) is 12.1 Å². The summed E-state index contributed by atoms with van der Waals surface area (Å²) in [6.45, 7) is 0. The molecule has 1 atom stereocenters. The van der Waals surface area contributed by atoms with Gasteiger partial charge in [-0.1, -0.05) is 0 Å². The summed E-state index contributed by atoms with van der Waals surface area (Å²) in [7, 11) is 0. The number of carbonyl (C=O) groups is 1. The number of aromatic nitrogens is 1. The lowest BCUT2D eigenvalue weighted by molar-refractivity contribution is -0.141. The maximum atomic E-state index is 11.0. The highest BCUT2D eigenvalue weighted by Gasteiger charge is 2.27. The molecule has 0 bridgehead atoms. The Kier molecular flexibility index (Phi) is 2.59. The summed E-state index contributed by atoms with van der Waals surface area (Å²) in [5.74, 6) is -0.112. The molecule has 82 valence electrons. The molecule has 3 rings (SSSR count). The Morgan fingerprint density at radius 2 is 2.38 bits per heavy atom. The molecule has 1 aliphatic heterocycles. The third kappa shape index (κ3) is 1.82. The number of cyclic esters (lactones) is 1. The van der Waals surface area contributed by atoms with Gasteiger partial charge in [0.25, 0.3) is 0 Å². The van der Waals surface area contributed by atoms with Gasteiger partial charge in [0.2, 0.25) is 0 Å². The largest absolute Gasteiger partial charge is 0.455 e. The Hall–Kier alpha value is -0.690. The van der Waals surface area contributed by atoms with E-state index in [9.17, 15) is 4.79 Å². The van der Waals surface area contributed by atoms with Crippen LogP contribution in [-0.2, 0) is 9.53 Å². The lowest BCUT2D eigenvalue weighted by atomic mass is 10.2. The Morgan fingerprint density at radius 3 is 3.12 bits per heavy atom. The first-order valence-electron chi connectivity index (χ1n) is 4.98. The van der Waals surface area contributed by atoms with Crippen LogP contribution in [0, 0.1) is 3.57 Å². The SMILES string of the molecule is O=C1CC[C@@H](c2nc3ccc(I)cc3s2)O1. The zero-order chi connectivity index (χ0) is 11.1. The van der Waals surface area contributed by atoms with E-state index < -0.39 is 0 Å². The predicted octanol–water partition coefficient (Wildman–Crippen LogP) is 3.28. The minimum atomic E-state index is -0.123. The first-order chi connectivity index (χ1) is 7.72. The van der Waals surface area contributed by atoms with Gasteiger partial charge in [0, 0.05) is 16.4 Å². The van der Waals surface area contributed by atoms with Crippen LogP contribution in [0.15, 0.2) is 18.2 Å². The summed E-state index contributed by atoms with van der Waals surface area (Å²) < 4.78 is 7.57. The third-order valence-corrected chi connectivity index (χ3v) is 4.31. The molecule has 0 radical (unpaired) electrons. The molecule has 5 heteroatoms. The van der Waals surface area contributed by atoms with Crippen molar-refractivity contribution >= 4 is 50.1 Å². The second-order valence-electron chi connectivity index (χ2n) is 3.68. The van der Waals surface area contributed by atoms with Crippen LogP contribution in [0.1, 0.15) is 24.0 Å². The smallest absolute Gasteiger partial charge is 0.306 e. The second-order valence-corrected chi connectivity index (χ2v) is 5.99. The molecule has 0 aliphatic carbocycles. The zero-order valence-corrected chi connectivity index (χ0v) is 11.2. The van der Waals surface area contributed by atoms with Crippen molar-refractivity contribution in [2.45, 2.75) is 18.9 Å². The van der Waals surface area contributed by atoms with Gasteiger partial charge in [0.15, 0.2) is 6.10 Å². The molecule has 0 N–H and O–H groups in total. The quantitative estimate of drug-likeness (QED) is 0.588. The number of benzene rings is 1. The summed E-state index contributed by atoms with van der Waals surface area (Å²) in [5.41, 5.74) is 0.989. The summed E-state index contributed by atoms with van der Waals surface area (Å²) in [6, 6.07) is 6.15. The fourth-order valence-electron chi connectivity index (χ4n) is 1.75. The van der Waals surface area contributed by atoms with Gasteiger partial charge >= 0.3 is 5.97 Å². The van der Waals surface area contributed by atoms with E-state index in [1.165, 1.54) is 3.57 Å². The number of hydrogen-bond acceptors (Lipinski definition) is 4. The minimum Gasteiger partial charge on any atom is -0.455 e. The zero-order valence-electron chi connectivity index (χ0n) is 8.27. The Morgan fingerprint density at radius 1 is 1.50 bits per heavy atom. The average molecular weight is 345 g/mol. The Balaban J connectivity index is 2.02. The Labute approximate surface area is 110 Å². The van der Waals surface area contributed by atoms with Crippen molar-refractivity contribution in [1.82, 2.24) is 4.98 Å². The Bertz CT molecular complexity index is 566. The van der Waals surface area contributed by atoms with Crippen LogP contribution in [0.3, 0.4) is 0 Å². The maximum Gasteiger partial charge on any atom is 0.306 e. The first kappa shape index (κ1) is 10.5. The van der Waals surface area contributed by atoms with Crippen LogP contribution in [0.5, 0.6) is 0 Å². The van der Waals surface area contributed by atoms with Crippen LogP contribution in [0.25, 0.3) is 10.2 Å². The van der Waals surface area contributed by atoms with Gasteiger partial charge < -0.3 is 4.74 Å². The molecule has 16 heavy (non-hydrogen) atoms. The number of esters is 1. The summed E-state index contributed by atoms with van der Waals surface area (Å²) in [4.78, 5) is 15.6. The summed E-state index contributed by atoms with van der Waals surface area (Å²) in [5, 5.41) is 0.919. The molecule has 1 saturated heterocycles. The second kappa shape index (κ2) is 3.96. The van der Waals surface area contributed by atoms with Crippen molar-refractivity contribution in [3.8, 4) is 0 Å². The molecular weight excluding hydrogens is 337 g/mol. The molecule has 1 aliphatic rings. The van der Waals surface area contributed by atoms with Gasteiger partial charge in [-0.05, 0) is 40.8 Å². The van der Waals surface area contributed by atoms with E-state index in [1.54, 1.807) is 11.3 Å². The molecule has 0 amide bonds. The molecule has 1 aromatic carbocycles. The van der Waals surface area contributed by atoms with Crippen LogP contribution in [-0.4, -0.2) is 11.0 Å². The van der Waals surface area contributed by atoms with Crippen LogP contribution >= 0.6 is 33.9 Å². The number of hydrogen-bond donors (Lipinski definition) is 0. The molecule has 0 spiro atoms. The van der Waals surface area contributed by atoms with Crippen molar-refractivity contribution in [3.63, 3.8) is 0 Å². The predicted molar refractivity (Wildman–Crippen MR) is 70.4 cm³/mol. The van der Waals surface area contributed by atoms with E-state index in [2.05, 4.69) is 33.6 Å². The van der Waals surface area contributed by atoms with E-state index in [-0.39, 0.29) is 12.1 Å². The topological polar surface area (TPSA) is 39.2 Å². The summed E-state index contributed by atoms with van der Waals surface area (Å²) >= 11 is 3.90. The molecule has 3 nitrogen and oxygen atoms in total. The first-order valence-corrected chi connectivity index (χ1v) is 6.87. The number of fused-ring (bicyclic) bond motifs is 1. The monoisotopic (exact) mass is 345 g/mol. The normalized spacial score (nSPS) is 20.3. The van der Waals surface area contributed by atoms with Crippen LogP contribution in [0.4, 0.5) is 0 Å². The number of ether oxygens (including phenoxy) is 1. The van der Waals surface area contributed by atoms with Gasteiger partial charge in [-0.3, -0.25) is 4.79 Å². The van der Waals surface area contributed by atoms with Gasteiger partial charge in [-0.15, -0.1) is 11.3 Å². The number of nitrogens with zero attached hydrogens (tertiary/aromatic N) is 1. The number of halogens is 1. The van der Waals surface area contributed by atoms with E-state index in [4.69, 9.17) is 4.74 Å². The van der Waals surface area contributed by atoms with Gasteiger partial charge in [0.1, 0.15) is 5.01 Å². The highest BCUT2D eigenvalue weighted by molar-refractivity contribution is 14.1. The van der Waals surface area contributed by atoms with Gasteiger partial charge in [0.05, 0.1) is 10.2 Å². The number of carbonyl (C=O) groups excluding carboxylic acids is 1. The lowest BCUT2D eigenvalue weighted by Gasteiger charge is -2.02. The van der Waals surface area contributed by atoms with Crippen LogP contribution < -0.4 is 0 Å². The number of thiazole rings is 1. The highest BCUT2D eigenvalue weighted by Crippen LogP contribution is 2.35. The number of rotatable bonds is 1. The van der Waals surface area contributed by atoms with Crippen molar-refractivity contribution in [2.75, 3.05) is 0 Å². The fraction of sp³-hybridized carbons (Fsp3) is 0.273. The van der Waals surface area contributed by atoms with Crippen molar-refractivity contribution in [2.24, 2.45) is 0 Å². The molecule has 2 aromatic rings. The highest BCUT2D eigenvalue weighted by atomic mass is 127. The maximum absolute atomic E-state index is 11.0. The van der Waals surface area contributed by atoms with E-state index >= 15 is 0 Å². The van der Waals surface area contributed by atoms with E-state index in [0.29, 0.717) is 6.42 Å². The lowest BCUT2D eigenvalue weighted by Crippen LogP contribution is -1.97. The standard InChI is InChI=1S/C11H8INO2S/c12-6-1-2-7-9(5-6)16-11(13-7)8-3-4-10(14)15-8/h1-2,5,8H,3-4H2/t8-/m0/s1. The van der Waals surface area contributed by atoms with E-state index in [0.717, 1.165) is 21.6 Å². The van der Waals surface area contributed by atoms with Gasteiger partial charge in [-0.2, -0.15) is 0 Å². The van der Waals surface area contributed by atoms with Crippen molar-refractivity contribution < 1.29 is 9.53 Å². The summed E-state index contributed by atoms with van der Waals surface area (Å²) in [6.07, 6.45) is 1.15. The minimum absolute atomic E-state index is 0.112. The molecule has 0 saturated carbocycles. The third-order valence-electron chi connectivity index (χ3n) is 2.53.